The molecule has 0 aliphatic heterocycles. The van der Waals surface area contributed by atoms with Crippen LogP contribution in [0.4, 0.5) is 0 Å². The molecule has 0 fully saturated rings. The van der Waals surface area contributed by atoms with E-state index in [0.717, 1.165) is 11.3 Å². The molecule has 0 amide bonds. The third kappa shape index (κ3) is 2.34. The summed E-state index contributed by atoms with van der Waals surface area (Å²) in [5.41, 5.74) is 1.77. The van der Waals surface area contributed by atoms with Gasteiger partial charge in [0.2, 0.25) is 11.1 Å². The van der Waals surface area contributed by atoms with Crippen molar-refractivity contribution < 1.29 is 9.15 Å². The summed E-state index contributed by atoms with van der Waals surface area (Å²) in [6, 6.07) is 9.37. The van der Waals surface area contributed by atoms with E-state index in [0.29, 0.717) is 28.6 Å². The summed E-state index contributed by atoms with van der Waals surface area (Å²) in [5.74, 6) is 0.801. The maximum Gasteiger partial charge on any atom is 0.249 e. The molecule has 4 rings (SSSR count). The Bertz CT molecular complexity index is 1050. The van der Waals surface area contributed by atoms with Crippen molar-refractivity contribution in [3.05, 3.63) is 64.7 Å². The Kier molecular flexibility index (Phi) is 3.08. The first kappa shape index (κ1) is 13.5. The summed E-state index contributed by atoms with van der Waals surface area (Å²) in [6.07, 6.45) is 4.81. The lowest BCUT2D eigenvalue weighted by Crippen LogP contribution is -2.01. The number of hydrogen-bond donors (Lipinski definition) is 0. The highest BCUT2D eigenvalue weighted by atomic mass is 16.5. The molecule has 23 heavy (non-hydrogen) atoms. The molecule has 3 aromatic heterocycles. The van der Waals surface area contributed by atoms with Gasteiger partial charge in [-0.1, -0.05) is 12.1 Å². The van der Waals surface area contributed by atoms with Crippen LogP contribution in [-0.4, -0.2) is 21.9 Å². The second-order valence-corrected chi connectivity index (χ2v) is 5.20. The Morgan fingerprint density at radius 3 is 2.78 bits per heavy atom. The molecule has 0 aliphatic rings. The van der Waals surface area contributed by atoms with Crippen LogP contribution in [0, 0.1) is 0 Å². The Hall–Kier alpha value is -3.15. The first-order chi connectivity index (χ1) is 11.2. The predicted octanol–water partition coefficient (Wildman–Crippen LogP) is 2.59. The minimum absolute atomic E-state index is 0.115. The monoisotopic (exact) mass is 307 g/mol. The molecule has 1 aromatic carbocycles. The van der Waals surface area contributed by atoms with Crippen LogP contribution >= 0.6 is 0 Å². The molecule has 0 N–H and O–H groups in total. The van der Waals surface area contributed by atoms with E-state index in [1.165, 1.54) is 6.20 Å². The van der Waals surface area contributed by atoms with Crippen molar-refractivity contribution in [2.24, 2.45) is 0 Å². The van der Waals surface area contributed by atoms with Gasteiger partial charge in [-0.3, -0.25) is 14.5 Å². The number of methoxy groups -OCH3 is 1. The third-order valence-corrected chi connectivity index (χ3v) is 3.71. The Morgan fingerprint density at radius 1 is 1.17 bits per heavy atom. The van der Waals surface area contributed by atoms with Gasteiger partial charge in [0.15, 0.2) is 0 Å². The lowest BCUT2D eigenvalue weighted by molar-refractivity contribution is 0.414. The van der Waals surface area contributed by atoms with Crippen LogP contribution in [0.15, 0.2) is 58.1 Å². The molecule has 0 radical (unpaired) electrons. The highest BCUT2D eigenvalue weighted by molar-refractivity contribution is 5.87. The number of hydrogen-bond acceptors (Lipinski definition) is 5. The summed E-state index contributed by atoms with van der Waals surface area (Å²) in [7, 11) is 1.63. The number of aromatic nitrogens is 3. The quantitative estimate of drug-likeness (QED) is 0.582. The molecule has 0 saturated carbocycles. The van der Waals surface area contributed by atoms with Crippen LogP contribution in [-0.2, 0) is 6.54 Å². The fourth-order valence-corrected chi connectivity index (χ4v) is 2.52. The summed E-state index contributed by atoms with van der Waals surface area (Å²) in [6.45, 7) is 0.544. The Labute approximate surface area is 130 Å². The normalized spacial score (nSPS) is 11.2. The number of benzene rings is 1. The van der Waals surface area contributed by atoms with Gasteiger partial charge in [-0.2, -0.15) is 0 Å². The minimum Gasteiger partial charge on any atom is -0.497 e. The summed E-state index contributed by atoms with van der Waals surface area (Å²) in [4.78, 5) is 16.4. The van der Waals surface area contributed by atoms with Gasteiger partial charge in [0.05, 0.1) is 19.0 Å². The van der Waals surface area contributed by atoms with Crippen LogP contribution in [0.3, 0.4) is 0 Å². The lowest BCUT2D eigenvalue weighted by atomic mass is 10.2. The van der Waals surface area contributed by atoms with E-state index in [9.17, 15) is 4.79 Å². The zero-order valence-corrected chi connectivity index (χ0v) is 12.4. The van der Waals surface area contributed by atoms with E-state index >= 15 is 0 Å². The molecule has 4 aromatic rings. The van der Waals surface area contributed by atoms with Crippen molar-refractivity contribution >= 4 is 22.1 Å². The van der Waals surface area contributed by atoms with E-state index in [1.54, 1.807) is 30.3 Å². The number of fused-ring (bicyclic) bond motifs is 2. The fraction of sp³-hybridized carbons (Fsp3) is 0.118. The molecule has 114 valence electrons. The highest BCUT2D eigenvalue weighted by Gasteiger charge is 2.11. The van der Waals surface area contributed by atoms with E-state index in [4.69, 9.17) is 9.15 Å². The molecule has 6 heteroatoms. The van der Waals surface area contributed by atoms with Crippen LogP contribution in [0.2, 0.25) is 0 Å². The van der Waals surface area contributed by atoms with E-state index in [2.05, 4.69) is 10.1 Å². The van der Waals surface area contributed by atoms with Crippen molar-refractivity contribution in [1.29, 1.82) is 0 Å². The molecule has 0 aliphatic carbocycles. The Balaban J connectivity index is 1.77. The lowest BCUT2D eigenvalue weighted by Gasteiger charge is -2.03. The highest BCUT2D eigenvalue weighted by Crippen LogP contribution is 2.17. The summed E-state index contributed by atoms with van der Waals surface area (Å²) in [5, 5.41) is 5.28. The first-order valence-electron chi connectivity index (χ1n) is 7.11. The van der Waals surface area contributed by atoms with Crippen LogP contribution in [0.5, 0.6) is 5.75 Å². The van der Waals surface area contributed by atoms with E-state index in [1.807, 2.05) is 24.3 Å². The van der Waals surface area contributed by atoms with Gasteiger partial charge in [-0.05, 0) is 23.8 Å². The number of nitrogens with zero attached hydrogens (tertiary/aromatic N) is 3. The molecule has 0 spiro atoms. The van der Waals surface area contributed by atoms with Crippen molar-refractivity contribution in [2.45, 2.75) is 6.54 Å². The zero-order valence-electron chi connectivity index (χ0n) is 12.4. The second kappa shape index (κ2) is 5.24. The van der Waals surface area contributed by atoms with Gasteiger partial charge >= 0.3 is 0 Å². The Morgan fingerprint density at radius 2 is 2.00 bits per heavy atom. The van der Waals surface area contributed by atoms with E-state index < -0.39 is 0 Å². The molecular weight excluding hydrogens is 294 g/mol. The average Bonchev–Trinajstić information content (AvgIpc) is 2.98. The van der Waals surface area contributed by atoms with Gasteiger partial charge in [0, 0.05) is 18.6 Å². The predicted molar refractivity (Wildman–Crippen MR) is 85.7 cm³/mol. The smallest absolute Gasteiger partial charge is 0.249 e. The molecular formula is C17H13N3O3. The third-order valence-electron chi connectivity index (χ3n) is 3.71. The standard InChI is InChI=1S/C17H13N3O3/c1-22-12-4-2-11(3-5-12)9-20-10-14-16(21)13-8-18-7-6-15(13)23-17(14)19-20/h2-8,10H,9H2,1H3. The van der Waals surface area contributed by atoms with Crippen LogP contribution < -0.4 is 10.2 Å². The van der Waals surface area contributed by atoms with Crippen molar-refractivity contribution in [2.75, 3.05) is 7.11 Å². The topological polar surface area (TPSA) is 70.2 Å². The van der Waals surface area contributed by atoms with Gasteiger partial charge < -0.3 is 9.15 Å². The second-order valence-electron chi connectivity index (χ2n) is 5.20. The van der Waals surface area contributed by atoms with Gasteiger partial charge in [0.25, 0.3) is 0 Å². The average molecular weight is 307 g/mol. The molecule has 0 saturated heterocycles. The van der Waals surface area contributed by atoms with Gasteiger partial charge in [-0.15, -0.1) is 5.10 Å². The summed E-state index contributed by atoms with van der Waals surface area (Å²) < 4.78 is 12.5. The fourth-order valence-electron chi connectivity index (χ4n) is 2.52. The molecule has 0 unspecified atom stereocenters. The number of rotatable bonds is 3. The maximum absolute atomic E-state index is 12.5. The number of ether oxygens (including phenoxy) is 1. The summed E-state index contributed by atoms with van der Waals surface area (Å²) >= 11 is 0. The first-order valence-corrected chi connectivity index (χ1v) is 7.11. The van der Waals surface area contributed by atoms with Gasteiger partial charge in [0.1, 0.15) is 16.7 Å². The van der Waals surface area contributed by atoms with Crippen molar-refractivity contribution in [1.82, 2.24) is 14.8 Å². The molecule has 0 atom stereocenters. The molecule has 0 bridgehead atoms. The van der Waals surface area contributed by atoms with Crippen LogP contribution in [0.1, 0.15) is 5.56 Å². The van der Waals surface area contributed by atoms with Gasteiger partial charge in [-0.25, -0.2) is 0 Å². The minimum atomic E-state index is -0.115. The largest absolute Gasteiger partial charge is 0.497 e. The molecule has 3 heterocycles. The SMILES string of the molecule is COc1ccc(Cn2cc3c(=O)c4cnccc4oc3n2)cc1. The molecule has 6 nitrogen and oxygen atoms in total. The van der Waals surface area contributed by atoms with Crippen molar-refractivity contribution in [3.8, 4) is 5.75 Å². The van der Waals surface area contributed by atoms with Crippen molar-refractivity contribution in [3.63, 3.8) is 0 Å². The zero-order chi connectivity index (χ0) is 15.8. The van der Waals surface area contributed by atoms with E-state index in [-0.39, 0.29) is 5.43 Å². The number of pyridine rings is 1. The maximum atomic E-state index is 12.5. The van der Waals surface area contributed by atoms with Crippen LogP contribution in [0.25, 0.3) is 22.1 Å².